The number of anilines is 1. The molecule has 0 N–H and O–H groups in total. The number of ether oxygens (including phenoxy) is 2. The third-order valence-corrected chi connectivity index (χ3v) is 9.33. The van der Waals surface area contributed by atoms with Gasteiger partial charge in [-0.05, 0) is 56.3 Å². The van der Waals surface area contributed by atoms with Crippen LogP contribution in [0.2, 0.25) is 0 Å². The maximum atomic E-state index is 14.4. The highest BCUT2D eigenvalue weighted by Crippen LogP contribution is 2.42. The first kappa shape index (κ1) is 26.5. The van der Waals surface area contributed by atoms with E-state index in [0.29, 0.717) is 61.4 Å². The summed E-state index contributed by atoms with van der Waals surface area (Å²) in [4.78, 5) is 18.2. The lowest BCUT2D eigenvalue weighted by atomic mass is 10.1. The molecule has 0 spiro atoms. The Balaban J connectivity index is 1.90. The Morgan fingerprint density at radius 1 is 1.03 bits per heavy atom. The summed E-state index contributed by atoms with van der Waals surface area (Å²) in [5.74, 6) is 5.34. The van der Waals surface area contributed by atoms with Crippen LogP contribution in [-0.4, -0.2) is 77.7 Å². The number of aryl methyl sites for hydroxylation is 1. The Hall–Kier alpha value is -2.55. The fourth-order valence-corrected chi connectivity index (χ4v) is 6.73. The molecule has 0 aromatic heterocycles. The monoisotopic (exact) mass is 513 g/mol. The highest BCUT2D eigenvalue weighted by Gasteiger charge is 2.30. The van der Waals surface area contributed by atoms with Gasteiger partial charge < -0.3 is 19.3 Å². The van der Waals surface area contributed by atoms with Gasteiger partial charge in [0.1, 0.15) is 5.75 Å². The van der Waals surface area contributed by atoms with Gasteiger partial charge in [0.15, 0.2) is 5.75 Å². The minimum Gasteiger partial charge on any atom is -0.454 e. The molecule has 196 valence electrons. The van der Waals surface area contributed by atoms with E-state index in [-0.39, 0.29) is 5.91 Å². The summed E-state index contributed by atoms with van der Waals surface area (Å²) in [5.41, 5.74) is 2.47. The zero-order chi connectivity index (χ0) is 25.7. The van der Waals surface area contributed by atoms with Gasteiger partial charge in [0.25, 0.3) is 5.91 Å². The highest BCUT2D eigenvalue weighted by atomic mass is 32.2. The Morgan fingerprint density at radius 2 is 1.67 bits per heavy atom. The Labute approximate surface area is 216 Å². The van der Waals surface area contributed by atoms with E-state index in [0.717, 1.165) is 37.2 Å². The average molecular weight is 514 g/mol. The minimum atomic E-state index is -2.92. The number of amides is 1. The summed E-state index contributed by atoms with van der Waals surface area (Å²) >= 11 is 0. The number of carbonyl (C=O) groups is 1. The summed E-state index contributed by atoms with van der Waals surface area (Å²) < 4.78 is 28.2. The molecule has 2 fully saturated rings. The lowest BCUT2D eigenvalue weighted by Crippen LogP contribution is -2.41. The average Bonchev–Trinajstić information content (AvgIpc) is 2.91. The molecule has 2 aromatic rings. The molecule has 36 heavy (non-hydrogen) atoms. The van der Waals surface area contributed by atoms with Crippen molar-refractivity contribution < 1.29 is 18.5 Å². The number of piperidine rings is 1. The van der Waals surface area contributed by atoms with Gasteiger partial charge in [-0.3, -0.25) is 4.79 Å². The van der Waals surface area contributed by atoms with Gasteiger partial charge in [-0.1, -0.05) is 31.5 Å². The van der Waals surface area contributed by atoms with E-state index in [2.05, 4.69) is 10.8 Å². The number of rotatable bonds is 8. The maximum absolute atomic E-state index is 14.4. The molecule has 4 rings (SSSR count). The van der Waals surface area contributed by atoms with Gasteiger partial charge in [0, 0.05) is 44.8 Å². The Morgan fingerprint density at radius 3 is 2.28 bits per heavy atom. The van der Waals surface area contributed by atoms with E-state index >= 15 is 0 Å². The van der Waals surface area contributed by atoms with Crippen LogP contribution in [0.3, 0.4) is 0 Å². The molecule has 1 atom stereocenters. The van der Waals surface area contributed by atoms with Crippen LogP contribution in [0, 0.1) is 6.92 Å². The van der Waals surface area contributed by atoms with Crippen molar-refractivity contribution in [1.82, 2.24) is 9.21 Å². The summed E-state index contributed by atoms with van der Waals surface area (Å²) in [6, 6.07) is 11.5. The number of benzene rings is 2. The molecule has 2 aliphatic rings. The van der Waals surface area contributed by atoms with Crippen LogP contribution in [0.4, 0.5) is 5.69 Å². The predicted octanol–water partition coefficient (Wildman–Crippen LogP) is 4.58. The first-order valence-electron chi connectivity index (χ1n) is 13.0. The summed E-state index contributed by atoms with van der Waals surface area (Å²) in [7, 11) is -2.92. The molecule has 0 radical (unpaired) electrons. The quantitative estimate of drug-likeness (QED) is 0.484. The third kappa shape index (κ3) is 5.71. The van der Waals surface area contributed by atoms with Crippen molar-refractivity contribution in [2.75, 3.05) is 57.4 Å². The van der Waals surface area contributed by atoms with Crippen LogP contribution in [0.25, 0.3) is 0 Å². The molecule has 1 amide bonds. The van der Waals surface area contributed by atoms with Crippen LogP contribution in [0.1, 0.15) is 49.0 Å². The van der Waals surface area contributed by atoms with Crippen LogP contribution >= 0.6 is 0 Å². The van der Waals surface area contributed by atoms with Gasteiger partial charge >= 0.3 is 0 Å². The SMILES string of the molecule is C=S(=O)(c1cc(C(=O)N2CCOCC2)cc(N2CCCCC2)c1Oc1ccc(C)cc1)N(CC)CC. The van der Waals surface area contributed by atoms with E-state index in [1.54, 1.807) is 6.07 Å². The zero-order valence-electron chi connectivity index (χ0n) is 21.8. The summed E-state index contributed by atoms with van der Waals surface area (Å²) in [6.07, 6.45) is 3.31. The van der Waals surface area contributed by atoms with Crippen LogP contribution in [0.5, 0.6) is 11.5 Å². The van der Waals surface area contributed by atoms with Crippen LogP contribution in [-0.2, 0) is 14.4 Å². The number of carbonyl (C=O) groups excluding carboxylic acids is 1. The first-order chi connectivity index (χ1) is 17.3. The van der Waals surface area contributed by atoms with Crippen molar-refractivity contribution in [2.45, 2.75) is 44.9 Å². The Bertz CT molecular complexity index is 1150. The van der Waals surface area contributed by atoms with E-state index in [9.17, 15) is 9.00 Å². The van der Waals surface area contributed by atoms with Gasteiger partial charge in [0.2, 0.25) is 0 Å². The largest absolute Gasteiger partial charge is 0.454 e. The van der Waals surface area contributed by atoms with Crippen molar-refractivity contribution in [2.24, 2.45) is 0 Å². The van der Waals surface area contributed by atoms with Crippen molar-refractivity contribution in [3.05, 3.63) is 47.5 Å². The van der Waals surface area contributed by atoms with Crippen molar-refractivity contribution in [3.8, 4) is 11.5 Å². The molecule has 2 aromatic carbocycles. The molecule has 2 heterocycles. The predicted molar refractivity (Wildman–Crippen MR) is 147 cm³/mol. The van der Waals surface area contributed by atoms with E-state index in [1.807, 2.05) is 60.3 Å². The topological polar surface area (TPSA) is 62.3 Å². The van der Waals surface area contributed by atoms with Gasteiger partial charge in [-0.15, -0.1) is 0 Å². The molecular formula is C28H39N3O4S. The number of morpholine rings is 1. The molecule has 2 saturated heterocycles. The van der Waals surface area contributed by atoms with Crippen LogP contribution < -0.4 is 9.64 Å². The number of nitrogens with zero attached hydrogens (tertiary/aromatic N) is 3. The first-order valence-corrected chi connectivity index (χ1v) is 14.7. The maximum Gasteiger partial charge on any atom is 0.254 e. The smallest absolute Gasteiger partial charge is 0.254 e. The van der Waals surface area contributed by atoms with Crippen molar-refractivity contribution >= 4 is 27.2 Å². The molecule has 0 bridgehead atoms. The van der Waals surface area contributed by atoms with Crippen molar-refractivity contribution in [3.63, 3.8) is 0 Å². The van der Waals surface area contributed by atoms with E-state index in [1.165, 1.54) is 6.42 Å². The standard InChI is InChI=1S/C28H39N3O4S/c1-5-31(6-2)36(4,33)26-21-23(28(32)30-16-18-34-19-17-30)20-25(29-14-8-7-9-15-29)27(26)35-24-12-10-22(3)11-13-24/h10-13,20-21H,4-9,14-19H2,1-3H3. The number of hydrogen-bond acceptors (Lipinski definition) is 5. The van der Waals surface area contributed by atoms with Crippen molar-refractivity contribution in [1.29, 1.82) is 0 Å². The fourth-order valence-electron chi connectivity index (χ4n) is 4.87. The molecule has 1 unspecified atom stereocenters. The molecule has 7 nitrogen and oxygen atoms in total. The zero-order valence-corrected chi connectivity index (χ0v) is 22.6. The Kier molecular flexibility index (Phi) is 8.59. The van der Waals surface area contributed by atoms with E-state index < -0.39 is 9.71 Å². The molecule has 0 saturated carbocycles. The number of hydrogen-bond donors (Lipinski definition) is 0. The van der Waals surface area contributed by atoms with E-state index in [4.69, 9.17) is 9.47 Å². The third-order valence-electron chi connectivity index (χ3n) is 6.98. The summed E-state index contributed by atoms with van der Waals surface area (Å²) in [5, 5.41) is 0. The lowest BCUT2D eigenvalue weighted by Gasteiger charge is -2.34. The van der Waals surface area contributed by atoms with Gasteiger partial charge in [-0.25, -0.2) is 8.51 Å². The highest BCUT2D eigenvalue weighted by molar-refractivity contribution is 7.98. The summed E-state index contributed by atoms with van der Waals surface area (Å²) in [6.45, 7) is 11.0. The second-order valence-corrected chi connectivity index (χ2v) is 11.7. The molecule has 0 aliphatic carbocycles. The van der Waals surface area contributed by atoms with Crippen LogP contribution in [0.15, 0.2) is 41.3 Å². The second-order valence-electron chi connectivity index (χ2n) is 9.44. The van der Waals surface area contributed by atoms with Gasteiger partial charge in [-0.2, -0.15) is 0 Å². The van der Waals surface area contributed by atoms with Gasteiger partial charge in [0.05, 0.1) is 33.5 Å². The second kappa shape index (κ2) is 11.7. The lowest BCUT2D eigenvalue weighted by molar-refractivity contribution is 0.0302. The minimum absolute atomic E-state index is 0.0746. The molecule has 2 aliphatic heterocycles. The molecular weight excluding hydrogens is 474 g/mol. The fraction of sp³-hybridized carbons (Fsp3) is 0.500. The normalized spacial score (nSPS) is 18.2. The molecule has 8 heteroatoms.